The molecule has 0 amide bonds. The lowest BCUT2D eigenvalue weighted by atomic mass is 10.0. The van der Waals surface area contributed by atoms with Crippen LogP contribution in [-0.2, 0) is 6.54 Å². The first-order valence-corrected chi connectivity index (χ1v) is 6.65. The first kappa shape index (κ1) is 13.8. The molecular formula is C17H20FN. The van der Waals surface area contributed by atoms with E-state index in [1.54, 1.807) is 6.07 Å². The monoisotopic (exact) mass is 257 g/mol. The van der Waals surface area contributed by atoms with Crippen LogP contribution >= 0.6 is 0 Å². The van der Waals surface area contributed by atoms with Crippen molar-refractivity contribution in [1.29, 1.82) is 0 Å². The zero-order valence-corrected chi connectivity index (χ0v) is 11.7. The summed E-state index contributed by atoms with van der Waals surface area (Å²) < 4.78 is 13.8. The minimum atomic E-state index is -0.149. The van der Waals surface area contributed by atoms with Crippen molar-refractivity contribution in [2.75, 3.05) is 0 Å². The Bertz CT molecular complexity index is 561. The van der Waals surface area contributed by atoms with E-state index in [9.17, 15) is 4.39 Å². The van der Waals surface area contributed by atoms with Gasteiger partial charge in [-0.1, -0.05) is 49.7 Å². The van der Waals surface area contributed by atoms with Crippen molar-refractivity contribution in [2.24, 2.45) is 0 Å². The first-order chi connectivity index (χ1) is 9.06. The lowest BCUT2D eigenvalue weighted by Crippen LogP contribution is -2.22. The summed E-state index contributed by atoms with van der Waals surface area (Å²) in [6, 6.07) is 13.9. The van der Waals surface area contributed by atoms with Crippen molar-refractivity contribution in [3.05, 3.63) is 59.4 Å². The molecule has 0 fully saturated rings. The molecule has 0 bridgehead atoms. The zero-order valence-electron chi connectivity index (χ0n) is 11.7. The molecule has 2 rings (SSSR count). The Morgan fingerprint density at radius 1 is 1.05 bits per heavy atom. The SMILES string of the molecule is Cc1cccc(-c2ccc(F)c(CNC(C)C)c2)c1. The fraction of sp³-hybridized carbons (Fsp3) is 0.294. The van der Waals surface area contributed by atoms with E-state index in [4.69, 9.17) is 0 Å². The van der Waals surface area contributed by atoms with Gasteiger partial charge in [0.15, 0.2) is 0 Å². The van der Waals surface area contributed by atoms with Crippen molar-refractivity contribution in [3.63, 3.8) is 0 Å². The minimum absolute atomic E-state index is 0.149. The third-order valence-corrected chi connectivity index (χ3v) is 3.10. The van der Waals surface area contributed by atoms with E-state index in [1.807, 2.05) is 18.2 Å². The van der Waals surface area contributed by atoms with Crippen LogP contribution in [0, 0.1) is 12.7 Å². The van der Waals surface area contributed by atoms with Gasteiger partial charge in [0.2, 0.25) is 0 Å². The average molecular weight is 257 g/mol. The molecule has 0 heterocycles. The van der Waals surface area contributed by atoms with Crippen LogP contribution in [0.15, 0.2) is 42.5 Å². The van der Waals surface area contributed by atoms with E-state index in [2.05, 4.69) is 44.3 Å². The standard InChI is InChI=1S/C17H20FN/c1-12(2)19-11-16-10-15(7-8-17(16)18)14-6-4-5-13(3)9-14/h4-10,12,19H,11H2,1-3H3. The second kappa shape index (κ2) is 5.98. The minimum Gasteiger partial charge on any atom is -0.310 e. The maximum atomic E-state index is 13.8. The van der Waals surface area contributed by atoms with Gasteiger partial charge >= 0.3 is 0 Å². The third kappa shape index (κ3) is 3.65. The third-order valence-electron chi connectivity index (χ3n) is 3.10. The van der Waals surface area contributed by atoms with Crippen LogP contribution in [-0.4, -0.2) is 6.04 Å². The molecule has 100 valence electrons. The van der Waals surface area contributed by atoms with Crippen LogP contribution in [0.3, 0.4) is 0 Å². The second-order valence-corrected chi connectivity index (χ2v) is 5.21. The zero-order chi connectivity index (χ0) is 13.8. The number of rotatable bonds is 4. The molecule has 0 atom stereocenters. The van der Waals surface area contributed by atoms with E-state index in [-0.39, 0.29) is 5.82 Å². The van der Waals surface area contributed by atoms with Gasteiger partial charge in [0.05, 0.1) is 0 Å². The molecule has 0 radical (unpaired) electrons. The Morgan fingerprint density at radius 3 is 2.47 bits per heavy atom. The second-order valence-electron chi connectivity index (χ2n) is 5.21. The van der Waals surface area contributed by atoms with Gasteiger partial charge in [-0.2, -0.15) is 0 Å². The van der Waals surface area contributed by atoms with Gasteiger partial charge in [0.1, 0.15) is 5.82 Å². The predicted octanol–water partition coefficient (Wildman–Crippen LogP) is 4.30. The van der Waals surface area contributed by atoms with Gasteiger partial charge in [0, 0.05) is 18.2 Å². The van der Waals surface area contributed by atoms with Gasteiger partial charge in [0.25, 0.3) is 0 Å². The summed E-state index contributed by atoms with van der Waals surface area (Å²) >= 11 is 0. The van der Waals surface area contributed by atoms with Gasteiger partial charge in [-0.15, -0.1) is 0 Å². The molecule has 2 aromatic rings. The van der Waals surface area contributed by atoms with Crippen molar-refractivity contribution in [2.45, 2.75) is 33.4 Å². The van der Waals surface area contributed by atoms with Crippen LogP contribution < -0.4 is 5.32 Å². The Labute approximate surface area is 114 Å². The number of hydrogen-bond donors (Lipinski definition) is 1. The summed E-state index contributed by atoms with van der Waals surface area (Å²) in [7, 11) is 0. The van der Waals surface area contributed by atoms with Crippen LogP contribution in [0.4, 0.5) is 4.39 Å². The summed E-state index contributed by atoms with van der Waals surface area (Å²) in [5.74, 6) is -0.149. The number of nitrogens with one attached hydrogen (secondary N) is 1. The molecule has 0 unspecified atom stereocenters. The maximum absolute atomic E-state index is 13.8. The van der Waals surface area contributed by atoms with Crippen molar-refractivity contribution >= 4 is 0 Å². The van der Waals surface area contributed by atoms with Crippen LogP contribution in [0.25, 0.3) is 11.1 Å². The lowest BCUT2D eigenvalue weighted by Gasteiger charge is -2.11. The van der Waals surface area contributed by atoms with Crippen molar-refractivity contribution in [3.8, 4) is 11.1 Å². The maximum Gasteiger partial charge on any atom is 0.127 e. The Morgan fingerprint density at radius 2 is 1.79 bits per heavy atom. The van der Waals surface area contributed by atoms with E-state index in [1.165, 1.54) is 5.56 Å². The topological polar surface area (TPSA) is 12.0 Å². The van der Waals surface area contributed by atoms with E-state index >= 15 is 0 Å². The number of aryl methyl sites for hydroxylation is 1. The molecule has 2 heteroatoms. The fourth-order valence-corrected chi connectivity index (χ4v) is 2.03. The van der Waals surface area contributed by atoms with E-state index < -0.39 is 0 Å². The summed E-state index contributed by atoms with van der Waals surface area (Å²) in [6.07, 6.45) is 0. The molecule has 2 aromatic carbocycles. The summed E-state index contributed by atoms with van der Waals surface area (Å²) in [5, 5.41) is 3.25. The Balaban J connectivity index is 2.30. The molecule has 19 heavy (non-hydrogen) atoms. The smallest absolute Gasteiger partial charge is 0.127 e. The van der Waals surface area contributed by atoms with E-state index in [0.717, 1.165) is 11.1 Å². The fourth-order valence-electron chi connectivity index (χ4n) is 2.03. The first-order valence-electron chi connectivity index (χ1n) is 6.65. The number of hydrogen-bond acceptors (Lipinski definition) is 1. The molecule has 0 saturated heterocycles. The number of benzene rings is 2. The Kier molecular flexibility index (Phi) is 4.33. The largest absolute Gasteiger partial charge is 0.310 e. The lowest BCUT2D eigenvalue weighted by molar-refractivity contribution is 0.553. The quantitative estimate of drug-likeness (QED) is 0.861. The molecule has 1 nitrogen and oxygen atoms in total. The highest BCUT2D eigenvalue weighted by Crippen LogP contribution is 2.23. The van der Waals surface area contributed by atoms with Crippen LogP contribution in [0.1, 0.15) is 25.0 Å². The molecule has 0 aromatic heterocycles. The molecule has 0 aliphatic heterocycles. The highest BCUT2D eigenvalue weighted by atomic mass is 19.1. The van der Waals surface area contributed by atoms with Crippen LogP contribution in [0.2, 0.25) is 0 Å². The summed E-state index contributed by atoms with van der Waals surface area (Å²) in [4.78, 5) is 0. The van der Waals surface area contributed by atoms with Gasteiger partial charge in [-0.25, -0.2) is 4.39 Å². The Hall–Kier alpha value is -1.67. The van der Waals surface area contributed by atoms with Gasteiger partial charge < -0.3 is 5.32 Å². The molecule has 0 aliphatic carbocycles. The summed E-state index contributed by atoms with van der Waals surface area (Å²) in [5.41, 5.74) is 4.12. The van der Waals surface area contributed by atoms with Gasteiger partial charge in [-0.3, -0.25) is 0 Å². The number of halogens is 1. The molecular weight excluding hydrogens is 237 g/mol. The molecule has 1 N–H and O–H groups in total. The average Bonchev–Trinajstić information content (AvgIpc) is 2.37. The van der Waals surface area contributed by atoms with E-state index in [0.29, 0.717) is 18.2 Å². The summed E-state index contributed by atoms with van der Waals surface area (Å²) in [6.45, 7) is 6.74. The van der Waals surface area contributed by atoms with Gasteiger partial charge in [-0.05, 0) is 30.2 Å². The predicted molar refractivity (Wildman–Crippen MR) is 78.5 cm³/mol. The van der Waals surface area contributed by atoms with Crippen LogP contribution in [0.5, 0.6) is 0 Å². The highest BCUT2D eigenvalue weighted by molar-refractivity contribution is 5.65. The molecule has 0 spiro atoms. The molecule has 0 aliphatic rings. The van der Waals surface area contributed by atoms with Crippen molar-refractivity contribution in [1.82, 2.24) is 5.32 Å². The van der Waals surface area contributed by atoms with Crippen molar-refractivity contribution < 1.29 is 4.39 Å². The normalized spacial score (nSPS) is 11.0. The highest BCUT2D eigenvalue weighted by Gasteiger charge is 2.06. The molecule has 0 saturated carbocycles.